The highest BCUT2D eigenvalue weighted by Crippen LogP contribution is 2.75. The van der Waals surface area contributed by atoms with Gasteiger partial charge in [-0.3, -0.25) is 4.57 Å². The number of pyridine rings is 1. The van der Waals surface area contributed by atoms with Crippen molar-refractivity contribution in [1.29, 1.82) is 0 Å². The summed E-state index contributed by atoms with van der Waals surface area (Å²) < 4.78 is 10.6. The standard InChI is InChI=1S/C67H71N4O/c1-41(2)48-35-55(42(3)4)64(56(36-48)43(5)6)46-20-17-21-50(34-46)70-40-71(70,61-27-16-15-26-60(61)70)51-22-18-23-52(38-51)72-53-28-29-54-59(39-53)69(58-25-19-24-57(65(54)58)67(12,13)14)62-37-47(30-31-68-62)63-44(7)32-49(33-45(63)8)66(9,10)11/h15-43H,1-14H3/q+1/t70-,71?/m0/s1. The van der Waals surface area contributed by atoms with Gasteiger partial charge in [-0.25, -0.2) is 4.98 Å². The SMILES string of the molecule is Cc1cc(C(C)(C)C)cc(C)c1-c1ccnc(-n2c3cc(Oc4cccc([N+]56[CH-][N@+]5(c5cccc(-c7c(C(C)C)cc(C(C)C)cc7C(C)C)c5)c5ccccc56)c4)ccc3c3c(C(C)(C)C)cccc32)c1. The van der Waals surface area contributed by atoms with E-state index < -0.39 is 0 Å². The van der Waals surface area contributed by atoms with Crippen molar-refractivity contribution in [1.82, 2.24) is 18.7 Å². The van der Waals surface area contributed by atoms with Gasteiger partial charge in [-0.2, -0.15) is 9.18 Å². The fourth-order valence-electron chi connectivity index (χ4n) is 12.0. The molecule has 0 bridgehead atoms. The Bertz CT molecular complexity index is 3580. The second kappa shape index (κ2) is 16.9. The Hall–Kier alpha value is -6.79. The molecule has 0 spiro atoms. The molecule has 0 N–H and O–H groups in total. The second-order valence-electron chi connectivity index (χ2n) is 23.8. The van der Waals surface area contributed by atoms with Crippen molar-refractivity contribution in [3.05, 3.63) is 197 Å². The van der Waals surface area contributed by atoms with Crippen LogP contribution in [0.2, 0.25) is 0 Å². The lowest BCUT2D eigenvalue weighted by Crippen LogP contribution is -2.46. The average Bonchev–Trinajstić information content (AvgIpc) is 3.83. The molecule has 5 nitrogen and oxygen atoms in total. The zero-order valence-electron chi connectivity index (χ0n) is 44.9. The van der Waals surface area contributed by atoms with Crippen molar-refractivity contribution < 1.29 is 4.74 Å². The van der Waals surface area contributed by atoms with Crippen molar-refractivity contribution in [2.45, 2.75) is 126 Å². The molecule has 11 rings (SSSR count). The monoisotopic (exact) mass is 948 g/mol. The van der Waals surface area contributed by atoms with E-state index in [0.29, 0.717) is 26.9 Å². The maximum absolute atomic E-state index is 6.99. The number of aromatic nitrogens is 2. The van der Waals surface area contributed by atoms with Gasteiger partial charge in [-0.15, -0.1) is 0 Å². The van der Waals surface area contributed by atoms with Gasteiger partial charge in [0.1, 0.15) is 17.3 Å². The van der Waals surface area contributed by atoms with E-state index >= 15 is 0 Å². The molecule has 0 saturated carbocycles. The normalized spacial score (nSPS) is 17.5. The molecule has 5 heteroatoms. The molecule has 4 heterocycles. The molecule has 0 radical (unpaired) electrons. The van der Waals surface area contributed by atoms with Crippen LogP contribution in [-0.4, -0.2) is 9.55 Å². The van der Waals surface area contributed by atoms with Gasteiger partial charge in [-0.05, 0) is 140 Å². The average molecular weight is 948 g/mol. The lowest BCUT2D eigenvalue weighted by molar-refractivity contribution is 0.424. The number of aryl methyl sites for hydroxylation is 2. The molecule has 2 aliphatic rings. The molecular formula is C67H71N4O+. The van der Waals surface area contributed by atoms with Crippen molar-refractivity contribution in [2.75, 3.05) is 0 Å². The summed E-state index contributed by atoms with van der Waals surface area (Å²) in [5.41, 5.74) is 21.8. The van der Waals surface area contributed by atoms with E-state index in [2.05, 4.69) is 254 Å². The summed E-state index contributed by atoms with van der Waals surface area (Å²) in [4.78, 5) is 5.11. The number of fused-ring (bicyclic) bond motifs is 7. The number of benzene rings is 7. The minimum atomic E-state index is -0.0770. The highest BCUT2D eigenvalue weighted by atomic mass is 16.5. The third-order valence-electron chi connectivity index (χ3n) is 15.7. The number of hydrogen-bond donors (Lipinski definition) is 0. The lowest BCUT2D eigenvalue weighted by atomic mass is 9.81. The summed E-state index contributed by atoms with van der Waals surface area (Å²) in [6.07, 6.45) is 1.97. The molecule has 1 unspecified atom stereocenters. The highest BCUT2D eigenvalue weighted by molar-refractivity contribution is 6.11. The topological polar surface area (TPSA) is 27.1 Å². The van der Waals surface area contributed by atoms with Gasteiger partial charge in [0, 0.05) is 59.4 Å². The summed E-state index contributed by atoms with van der Waals surface area (Å²) in [6.45, 7) is 34.7. The van der Waals surface area contributed by atoms with Gasteiger partial charge < -0.3 is 4.74 Å². The Balaban J connectivity index is 0.998. The van der Waals surface area contributed by atoms with Crippen LogP contribution in [0, 0.1) is 20.5 Å². The number of rotatable bonds is 10. The van der Waals surface area contributed by atoms with Crippen LogP contribution in [0.15, 0.2) is 152 Å². The summed E-state index contributed by atoms with van der Waals surface area (Å²) in [5, 5.41) is 2.43. The number of para-hydroxylation sites is 2. The predicted molar refractivity (Wildman–Crippen MR) is 305 cm³/mol. The maximum Gasteiger partial charge on any atom is 0.225 e. The maximum atomic E-state index is 6.99. The van der Waals surface area contributed by atoms with Gasteiger partial charge in [0.25, 0.3) is 0 Å². The molecule has 0 amide bonds. The second-order valence-corrected chi connectivity index (χ2v) is 23.8. The van der Waals surface area contributed by atoms with Crippen LogP contribution < -0.4 is 13.9 Å². The molecule has 0 aliphatic carbocycles. The third kappa shape index (κ3) is 7.37. The first kappa shape index (κ1) is 47.5. The first-order valence-electron chi connectivity index (χ1n) is 26.2. The van der Waals surface area contributed by atoms with Crippen LogP contribution in [0.3, 0.4) is 0 Å². The summed E-state index contributed by atoms with van der Waals surface area (Å²) in [7, 11) is 0. The summed E-state index contributed by atoms with van der Waals surface area (Å²) in [5.74, 6) is 3.71. The van der Waals surface area contributed by atoms with E-state index in [1.165, 1.54) is 83.5 Å². The third-order valence-corrected chi connectivity index (χ3v) is 15.7. The number of nitrogens with zero attached hydrogens (tertiary/aromatic N) is 4. The smallest absolute Gasteiger partial charge is 0.225 e. The van der Waals surface area contributed by atoms with Gasteiger partial charge in [0.15, 0.2) is 18.0 Å². The molecule has 1 saturated heterocycles. The Morgan fingerprint density at radius 2 is 1.12 bits per heavy atom. The first-order chi connectivity index (χ1) is 34.2. The van der Waals surface area contributed by atoms with E-state index in [1.807, 2.05) is 6.20 Å². The molecule has 2 aliphatic heterocycles. The van der Waals surface area contributed by atoms with E-state index in [9.17, 15) is 0 Å². The van der Waals surface area contributed by atoms with E-state index in [4.69, 9.17) is 9.72 Å². The molecule has 7 aromatic carbocycles. The van der Waals surface area contributed by atoms with E-state index in [1.54, 1.807) is 0 Å². The van der Waals surface area contributed by atoms with E-state index in [0.717, 1.165) is 39.6 Å². The molecule has 9 aromatic rings. The lowest BCUT2D eigenvalue weighted by Gasteiger charge is -2.40. The van der Waals surface area contributed by atoms with Crippen molar-refractivity contribution in [3.63, 3.8) is 0 Å². The highest BCUT2D eigenvalue weighted by Gasteiger charge is 2.77. The molecule has 72 heavy (non-hydrogen) atoms. The Morgan fingerprint density at radius 3 is 1.74 bits per heavy atom. The molecule has 2 aromatic heterocycles. The quantitative estimate of drug-likeness (QED) is 0.0776. The van der Waals surface area contributed by atoms with Crippen LogP contribution >= 0.6 is 0 Å². The summed E-state index contributed by atoms with van der Waals surface area (Å²) >= 11 is 0. The first-order valence-corrected chi connectivity index (χ1v) is 26.2. The molecule has 2 atom stereocenters. The Morgan fingerprint density at radius 1 is 0.528 bits per heavy atom. The Kier molecular flexibility index (Phi) is 11.2. The van der Waals surface area contributed by atoms with Crippen LogP contribution in [0.1, 0.15) is 140 Å². The van der Waals surface area contributed by atoms with Gasteiger partial charge >= 0.3 is 0 Å². The largest absolute Gasteiger partial charge is 0.457 e. The number of ether oxygens (including phenoxy) is 1. The molecular weight excluding hydrogens is 877 g/mol. The number of hydrogen-bond acceptors (Lipinski definition) is 2. The van der Waals surface area contributed by atoms with Gasteiger partial charge in [0.2, 0.25) is 11.4 Å². The minimum Gasteiger partial charge on any atom is -0.457 e. The van der Waals surface area contributed by atoms with Gasteiger partial charge in [0.05, 0.1) is 11.0 Å². The van der Waals surface area contributed by atoms with Crippen LogP contribution in [0.4, 0.5) is 22.7 Å². The summed E-state index contributed by atoms with van der Waals surface area (Å²) in [6, 6.07) is 54.4. The van der Waals surface area contributed by atoms with Crippen LogP contribution in [-0.2, 0) is 10.8 Å². The predicted octanol–water partition coefficient (Wildman–Crippen LogP) is 19.2. The molecule has 1 fully saturated rings. The van der Waals surface area contributed by atoms with Gasteiger partial charge in [-0.1, -0.05) is 150 Å². The fourth-order valence-corrected chi connectivity index (χ4v) is 12.0. The molecule has 364 valence electrons. The van der Waals surface area contributed by atoms with Crippen LogP contribution in [0.25, 0.3) is 49.9 Å². The number of quaternary nitrogens is 2. The zero-order chi connectivity index (χ0) is 50.8. The zero-order valence-corrected chi connectivity index (χ0v) is 44.9. The van der Waals surface area contributed by atoms with E-state index in [-0.39, 0.29) is 10.8 Å². The Labute approximate surface area is 428 Å². The van der Waals surface area contributed by atoms with Crippen molar-refractivity contribution in [2.24, 2.45) is 0 Å². The van der Waals surface area contributed by atoms with Crippen molar-refractivity contribution in [3.8, 4) is 39.6 Å². The van der Waals surface area contributed by atoms with Crippen LogP contribution in [0.5, 0.6) is 11.5 Å². The minimum absolute atomic E-state index is 0.0672. The fraction of sp³-hybridized carbons (Fsp3) is 0.284. The van der Waals surface area contributed by atoms with Crippen molar-refractivity contribution >= 4 is 44.6 Å².